The second-order valence-electron chi connectivity index (χ2n) is 7.14. The van der Waals surface area contributed by atoms with Crippen LogP contribution in [0.5, 0.6) is 5.75 Å². The smallest absolute Gasteiger partial charge is 0.174 e. The summed E-state index contributed by atoms with van der Waals surface area (Å²) in [5, 5.41) is 6.94. The van der Waals surface area contributed by atoms with Crippen molar-refractivity contribution < 1.29 is 4.74 Å². The highest BCUT2D eigenvalue weighted by Gasteiger charge is 2.16. The monoisotopic (exact) mass is 384 g/mol. The standard InChI is InChI=1S/C21H28N4OS/c1-15-10-13-25(14-11-15)18-8-6-17(7-9-18)16(2)23-21(27)24-20-19(26-3)5-4-12-22-20/h4-9,12,15-16H,10-11,13-14H2,1-3H3,(H2,22,23,24,27)/t16-/m0/s1. The third kappa shape index (κ3) is 5.10. The summed E-state index contributed by atoms with van der Waals surface area (Å²) in [4.78, 5) is 6.74. The molecule has 2 aromatic rings. The van der Waals surface area contributed by atoms with E-state index in [0.29, 0.717) is 16.7 Å². The van der Waals surface area contributed by atoms with Gasteiger partial charge in [0.15, 0.2) is 16.7 Å². The van der Waals surface area contributed by atoms with Crippen LogP contribution in [0.15, 0.2) is 42.6 Å². The minimum atomic E-state index is 0.0927. The molecule has 1 aromatic heterocycles. The van der Waals surface area contributed by atoms with Gasteiger partial charge in [-0.2, -0.15) is 0 Å². The van der Waals surface area contributed by atoms with Crippen LogP contribution in [0.4, 0.5) is 11.5 Å². The van der Waals surface area contributed by atoms with Crippen molar-refractivity contribution in [2.45, 2.75) is 32.7 Å². The molecule has 1 aliphatic heterocycles. The maximum absolute atomic E-state index is 5.43. The first-order chi connectivity index (χ1) is 13.1. The number of nitrogens with zero attached hydrogens (tertiary/aromatic N) is 2. The molecule has 144 valence electrons. The Labute approximate surface area is 167 Å². The normalized spacial score (nSPS) is 15.9. The van der Waals surface area contributed by atoms with Gasteiger partial charge < -0.3 is 20.3 Å². The van der Waals surface area contributed by atoms with Crippen molar-refractivity contribution >= 4 is 28.8 Å². The van der Waals surface area contributed by atoms with Crippen LogP contribution in [-0.2, 0) is 0 Å². The van der Waals surface area contributed by atoms with Gasteiger partial charge in [0.1, 0.15) is 0 Å². The van der Waals surface area contributed by atoms with E-state index in [2.05, 4.69) is 58.6 Å². The van der Waals surface area contributed by atoms with E-state index in [1.54, 1.807) is 13.3 Å². The molecule has 2 heterocycles. The van der Waals surface area contributed by atoms with Crippen molar-refractivity contribution in [3.63, 3.8) is 0 Å². The first kappa shape index (κ1) is 19.4. The molecule has 1 saturated heterocycles. The number of piperidine rings is 1. The van der Waals surface area contributed by atoms with Gasteiger partial charge >= 0.3 is 0 Å². The Morgan fingerprint density at radius 1 is 1.22 bits per heavy atom. The molecular formula is C21H28N4OS. The second kappa shape index (κ2) is 9.04. The van der Waals surface area contributed by atoms with Gasteiger partial charge in [-0.1, -0.05) is 19.1 Å². The van der Waals surface area contributed by atoms with Crippen molar-refractivity contribution in [1.82, 2.24) is 10.3 Å². The fraction of sp³-hybridized carbons (Fsp3) is 0.429. The lowest BCUT2D eigenvalue weighted by atomic mass is 9.98. The van der Waals surface area contributed by atoms with Gasteiger partial charge in [-0.05, 0) is 67.7 Å². The first-order valence-electron chi connectivity index (χ1n) is 9.48. The van der Waals surface area contributed by atoms with Gasteiger partial charge in [-0.3, -0.25) is 0 Å². The number of benzene rings is 1. The van der Waals surface area contributed by atoms with E-state index in [4.69, 9.17) is 17.0 Å². The quantitative estimate of drug-likeness (QED) is 0.747. The van der Waals surface area contributed by atoms with Crippen LogP contribution in [0.2, 0.25) is 0 Å². The topological polar surface area (TPSA) is 49.4 Å². The Kier molecular flexibility index (Phi) is 6.50. The number of ether oxygens (including phenoxy) is 1. The zero-order valence-electron chi connectivity index (χ0n) is 16.2. The number of aromatic nitrogens is 1. The largest absolute Gasteiger partial charge is 0.493 e. The van der Waals surface area contributed by atoms with E-state index in [9.17, 15) is 0 Å². The zero-order valence-corrected chi connectivity index (χ0v) is 17.1. The van der Waals surface area contributed by atoms with Crippen LogP contribution in [-0.4, -0.2) is 30.3 Å². The Bertz CT molecular complexity index is 757. The summed E-state index contributed by atoms with van der Waals surface area (Å²) < 4.78 is 5.30. The molecule has 1 fully saturated rings. The fourth-order valence-corrected chi connectivity index (χ4v) is 3.59. The summed E-state index contributed by atoms with van der Waals surface area (Å²) in [5.41, 5.74) is 2.50. The summed E-state index contributed by atoms with van der Waals surface area (Å²) in [6.45, 7) is 6.73. The predicted octanol–water partition coefficient (Wildman–Crippen LogP) is 4.37. The highest BCUT2D eigenvalue weighted by atomic mass is 32.1. The van der Waals surface area contributed by atoms with Crippen molar-refractivity contribution in [1.29, 1.82) is 0 Å². The molecule has 0 amide bonds. The van der Waals surface area contributed by atoms with E-state index in [1.807, 2.05) is 12.1 Å². The molecule has 3 rings (SSSR count). The number of nitrogens with one attached hydrogen (secondary N) is 2. The van der Waals surface area contributed by atoms with Crippen molar-refractivity contribution in [2.24, 2.45) is 5.92 Å². The number of thiocarbonyl (C=S) groups is 1. The lowest BCUT2D eigenvalue weighted by Crippen LogP contribution is -2.33. The predicted molar refractivity (Wildman–Crippen MR) is 116 cm³/mol. The summed E-state index contributed by atoms with van der Waals surface area (Å²) in [5.74, 6) is 2.12. The summed E-state index contributed by atoms with van der Waals surface area (Å²) in [7, 11) is 1.62. The van der Waals surface area contributed by atoms with Crippen LogP contribution < -0.4 is 20.3 Å². The molecule has 1 aliphatic rings. The van der Waals surface area contributed by atoms with E-state index in [-0.39, 0.29) is 6.04 Å². The minimum absolute atomic E-state index is 0.0927. The molecule has 5 nitrogen and oxygen atoms in total. The average Bonchev–Trinajstić information content (AvgIpc) is 2.69. The van der Waals surface area contributed by atoms with Crippen LogP contribution in [0.3, 0.4) is 0 Å². The van der Waals surface area contributed by atoms with Crippen LogP contribution in [0.1, 0.15) is 38.3 Å². The lowest BCUT2D eigenvalue weighted by molar-refractivity contribution is 0.415. The first-order valence-corrected chi connectivity index (χ1v) is 9.89. The van der Waals surface area contributed by atoms with Gasteiger partial charge in [0, 0.05) is 25.0 Å². The molecule has 0 radical (unpaired) electrons. The number of pyridine rings is 1. The SMILES string of the molecule is COc1cccnc1NC(=S)N[C@@H](C)c1ccc(N2CCC(C)CC2)cc1. The summed E-state index contributed by atoms with van der Waals surface area (Å²) in [6.07, 6.45) is 4.25. The van der Waals surface area contributed by atoms with Crippen molar-refractivity contribution in [2.75, 3.05) is 30.4 Å². The number of methoxy groups -OCH3 is 1. The molecule has 0 spiro atoms. The maximum atomic E-state index is 5.43. The number of hydrogen-bond donors (Lipinski definition) is 2. The summed E-state index contributed by atoms with van der Waals surface area (Å²) in [6, 6.07) is 12.5. The summed E-state index contributed by atoms with van der Waals surface area (Å²) >= 11 is 5.43. The van der Waals surface area contributed by atoms with Crippen LogP contribution in [0.25, 0.3) is 0 Å². The van der Waals surface area contributed by atoms with Crippen LogP contribution >= 0.6 is 12.2 Å². The average molecular weight is 385 g/mol. The number of rotatable bonds is 5. The minimum Gasteiger partial charge on any atom is -0.493 e. The highest BCUT2D eigenvalue weighted by molar-refractivity contribution is 7.80. The third-order valence-corrected chi connectivity index (χ3v) is 5.33. The lowest BCUT2D eigenvalue weighted by Gasteiger charge is -2.32. The molecule has 27 heavy (non-hydrogen) atoms. The Balaban J connectivity index is 1.57. The van der Waals surface area contributed by atoms with Crippen LogP contribution in [0, 0.1) is 5.92 Å². The molecule has 1 aromatic carbocycles. The molecule has 2 N–H and O–H groups in total. The molecule has 1 atom stereocenters. The van der Waals surface area contributed by atoms with Crippen molar-refractivity contribution in [3.8, 4) is 5.75 Å². The van der Waals surface area contributed by atoms with Gasteiger partial charge in [0.2, 0.25) is 0 Å². The van der Waals surface area contributed by atoms with E-state index in [0.717, 1.165) is 19.0 Å². The Hall–Kier alpha value is -2.34. The van der Waals surface area contributed by atoms with E-state index < -0.39 is 0 Å². The number of hydrogen-bond acceptors (Lipinski definition) is 4. The molecule has 0 unspecified atom stereocenters. The highest BCUT2D eigenvalue weighted by Crippen LogP contribution is 2.25. The van der Waals surface area contributed by atoms with Gasteiger partial charge in [-0.15, -0.1) is 0 Å². The van der Waals surface area contributed by atoms with E-state index >= 15 is 0 Å². The van der Waals surface area contributed by atoms with Crippen molar-refractivity contribution in [3.05, 3.63) is 48.2 Å². The second-order valence-corrected chi connectivity index (χ2v) is 7.54. The molecule has 0 bridgehead atoms. The molecule has 0 aliphatic carbocycles. The van der Waals surface area contributed by atoms with Gasteiger partial charge in [0.25, 0.3) is 0 Å². The maximum Gasteiger partial charge on any atom is 0.174 e. The van der Waals surface area contributed by atoms with E-state index in [1.165, 1.54) is 24.1 Å². The molecule has 0 saturated carbocycles. The zero-order chi connectivity index (χ0) is 19.2. The number of anilines is 2. The fourth-order valence-electron chi connectivity index (χ4n) is 3.31. The van der Waals surface area contributed by atoms with Gasteiger partial charge in [0.05, 0.1) is 13.2 Å². The molecular weight excluding hydrogens is 356 g/mol. The Morgan fingerprint density at radius 2 is 1.93 bits per heavy atom. The van der Waals surface area contributed by atoms with Gasteiger partial charge in [-0.25, -0.2) is 4.98 Å². The molecule has 6 heteroatoms. The third-order valence-electron chi connectivity index (χ3n) is 5.11. The Morgan fingerprint density at radius 3 is 2.59 bits per heavy atom.